The highest BCUT2D eigenvalue weighted by molar-refractivity contribution is 6.33. The van der Waals surface area contributed by atoms with Crippen LogP contribution in [0.15, 0.2) is 42.7 Å². The minimum Gasteiger partial charge on any atom is -0.306 e. The second-order valence-corrected chi connectivity index (χ2v) is 6.11. The summed E-state index contributed by atoms with van der Waals surface area (Å²) in [6, 6.07) is 9.33. The maximum Gasteiger partial charge on any atom is 0.247 e. The van der Waals surface area contributed by atoms with Gasteiger partial charge in [-0.15, -0.1) is 0 Å². The first-order chi connectivity index (χ1) is 11.5. The Hall–Kier alpha value is -2.31. The average Bonchev–Trinajstić information content (AvgIpc) is 3.08. The van der Waals surface area contributed by atoms with Crippen LogP contribution in [0.3, 0.4) is 0 Å². The average molecular weight is 364 g/mol. The molecule has 2 aromatic heterocycles. The summed E-state index contributed by atoms with van der Waals surface area (Å²) in [5, 5.41) is 12.1. The van der Waals surface area contributed by atoms with Gasteiger partial charge in [0.15, 0.2) is 5.82 Å². The fourth-order valence-corrected chi connectivity index (χ4v) is 2.63. The van der Waals surface area contributed by atoms with Gasteiger partial charge in [0, 0.05) is 23.1 Å². The molecule has 24 heavy (non-hydrogen) atoms. The van der Waals surface area contributed by atoms with Crippen molar-refractivity contribution in [2.24, 2.45) is 0 Å². The lowest BCUT2D eigenvalue weighted by Crippen LogP contribution is -2.20. The summed E-state index contributed by atoms with van der Waals surface area (Å²) in [5.74, 6) is 0.0743. The minimum absolute atomic E-state index is 0.104. The van der Waals surface area contributed by atoms with Crippen molar-refractivity contribution in [1.29, 1.82) is 0 Å². The Labute approximate surface area is 149 Å². The lowest BCUT2D eigenvalue weighted by molar-refractivity contribution is -0.117. The third kappa shape index (κ3) is 3.77. The van der Waals surface area contributed by atoms with E-state index in [9.17, 15) is 4.79 Å². The Morgan fingerprint density at radius 3 is 2.71 bits per heavy atom. The van der Waals surface area contributed by atoms with Crippen molar-refractivity contribution in [3.63, 3.8) is 0 Å². The van der Waals surface area contributed by atoms with Gasteiger partial charge in [0.05, 0.1) is 6.54 Å². The number of nitrogens with one attached hydrogen (secondary N) is 1. The molecule has 3 aromatic rings. The number of nitrogens with zero attached hydrogens (tertiary/aromatic N) is 4. The van der Waals surface area contributed by atoms with Crippen LogP contribution in [0.1, 0.15) is 11.3 Å². The van der Waals surface area contributed by atoms with E-state index in [0.29, 0.717) is 22.4 Å². The van der Waals surface area contributed by atoms with Crippen LogP contribution in [-0.2, 0) is 17.9 Å². The predicted octanol–water partition coefficient (Wildman–Crippen LogP) is 3.38. The molecule has 0 saturated carbocycles. The van der Waals surface area contributed by atoms with E-state index in [4.69, 9.17) is 23.2 Å². The quantitative estimate of drug-likeness (QED) is 0.755. The molecule has 1 aromatic carbocycles. The molecule has 6 nitrogen and oxygen atoms in total. The molecule has 0 radical (unpaired) electrons. The largest absolute Gasteiger partial charge is 0.306 e. The van der Waals surface area contributed by atoms with Crippen LogP contribution >= 0.6 is 23.2 Å². The van der Waals surface area contributed by atoms with Crippen molar-refractivity contribution in [3.05, 3.63) is 64.0 Å². The van der Waals surface area contributed by atoms with Crippen LogP contribution in [0.4, 0.5) is 5.82 Å². The summed E-state index contributed by atoms with van der Waals surface area (Å²) in [6.07, 6.45) is 3.30. The second-order valence-electron chi connectivity index (χ2n) is 5.29. The highest BCUT2D eigenvalue weighted by Gasteiger charge is 2.13. The number of aromatic nitrogens is 4. The first kappa shape index (κ1) is 16.5. The fraction of sp³-hybridized carbons (Fsp3) is 0.188. The molecule has 0 saturated heterocycles. The van der Waals surface area contributed by atoms with Crippen LogP contribution in [0, 0.1) is 6.92 Å². The Morgan fingerprint density at radius 2 is 2.00 bits per heavy atom. The number of carbonyl (C=O) groups excluding carboxylic acids is 1. The van der Waals surface area contributed by atoms with Crippen molar-refractivity contribution in [1.82, 2.24) is 19.6 Å². The van der Waals surface area contributed by atoms with Gasteiger partial charge in [0.1, 0.15) is 11.6 Å². The molecule has 3 rings (SSSR count). The molecule has 0 fully saturated rings. The van der Waals surface area contributed by atoms with Crippen LogP contribution in [-0.4, -0.2) is 25.5 Å². The minimum atomic E-state index is -0.244. The van der Waals surface area contributed by atoms with E-state index in [0.717, 1.165) is 11.3 Å². The summed E-state index contributed by atoms with van der Waals surface area (Å²) in [6.45, 7) is 2.45. The van der Waals surface area contributed by atoms with E-state index in [-0.39, 0.29) is 12.5 Å². The Kier molecular flexibility index (Phi) is 4.87. The van der Waals surface area contributed by atoms with Gasteiger partial charge < -0.3 is 5.32 Å². The van der Waals surface area contributed by atoms with Crippen molar-refractivity contribution in [3.8, 4) is 0 Å². The number of hydrogen-bond donors (Lipinski definition) is 1. The van der Waals surface area contributed by atoms with Gasteiger partial charge in [-0.1, -0.05) is 41.4 Å². The summed E-state index contributed by atoms with van der Waals surface area (Å²) >= 11 is 12.3. The Bertz CT molecular complexity index is 871. The second kappa shape index (κ2) is 7.07. The van der Waals surface area contributed by atoms with Gasteiger partial charge in [0.2, 0.25) is 5.91 Å². The number of halogens is 2. The normalized spacial score (nSPS) is 10.8. The van der Waals surface area contributed by atoms with Crippen molar-refractivity contribution in [2.45, 2.75) is 20.0 Å². The summed E-state index contributed by atoms with van der Waals surface area (Å²) in [7, 11) is 0. The molecule has 0 aliphatic carbocycles. The first-order valence-corrected chi connectivity index (χ1v) is 8.03. The third-order valence-corrected chi connectivity index (χ3v) is 4.13. The summed E-state index contributed by atoms with van der Waals surface area (Å²) < 4.78 is 3.24. The van der Waals surface area contributed by atoms with Gasteiger partial charge in [-0.3, -0.25) is 14.2 Å². The van der Waals surface area contributed by atoms with Crippen LogP contribution < -0.4 is 5.32 Å². The highest BCUT2D eigenvalue weighted by atomic mass is 35.5. The van der Waals surface area contributed by atoms with Gasteiger partial charge in [-0.2, -0.15) is 10.2 Å². The van der Waals surface area contributed by atoms with Gasteiger partial charge in [-0.05, 0) is 24.6 Å². The molecule has 0 bridgehead atoms. The number of benzene rings is 1. The first-order valence-electron chi connectivity index (χ1n) is 7.27. The zero-order chi connectivity index (χ0) is 17.1. The monoisotopic (exact) mass is 363 g/mol. The molecular formula is C16H15Cl2N5O. The Morgan fingerprint density at radius 1 is 1.21 bits per heavy atom. The van der Waals surface area contributed by atoms with Gasteiger partial charge in [0.25, 0.3) is 0 Å². The molecule has 8 heteroatoms. The molecule has 0 spiro atoms. The van der Waals surface area contributed by atoms with Crippen molar-refractivity contribution in [2.75, 3.05) is 5.32 Å². The molecule has 0 atom stereocenters. The van der Waals surface area contributed by atoms with E-state index in [2.05, 4.69) is 15.5 Å². The smallest absolute Gasteiger partial charge is 0.247 e. The molecule has 0 aliphatic heterocycles. The lowest BCUT2D eigenvalue weighted by atomic mass is 10.2. The molecule has 0 aliphatic rings. The number of anilines is 1. The molecule has 0 unspecified atom stereocenters. The van der Waals surface area contributed by atoms with Crippen LogP contribution in [0.5, 0.6) is 0 Å². The van der Waals surface area contributed by atoms with E-state index < -0.39 is 0 Å². The maximum atomic E-state index is 12.1. The van der Waals surface area contributed by atoms with Gasteiger partial charge >= 0.3 is 0 Å². The van der Waals surface area contributed by atoms with Crippen LogP contribution in [0.2, 0.25) is 10.0 Å². The van der Waals surface area contributed by atoms with E-state index in [1.54, 1.807) is 21.8 Å². The van der Waals surface area contributed by atoms with Crippen molar-refractivity contribution >= 4 is 34.9 Å². The molecule has 2 heterocycles. The molecule has 1 N–H and O–H groups in total. The standard InChI is InChI=1S/C16H15Cl2N5O/c1-11-6-7-19-23(11)10-15(24)20-16-14(18)9-22(21-16)8-12-4-2-3-5-13(12)17/h2-7,9H,8,10H2,1H3,(H,20,21,24). The molecule has 124 valence electrons. The zero-order valence-electron chi connectivity index (χ0n) is 12.9. The molecule has 1 amide bonds. The third-order valence-electron chi connectivity index (χ3n) is 3.49. The van der Waals surface area contributed by atoms with E-state index in [1.807, 2.05) is 37.3 Å². The van der Waals surface area contributed by atoms with E-state index in [1.165, 1.54) is 0 Å². The highest BCUT2D eigenvalue weighted by Crippen LogP contribution is 2.22. The Balaban J connectivity index is 1.69. The summed E-state index contributed by atoms with van der Waals surface area (Å²) in [4.78, 5) is 12.1. The SMILES string of the molecule is Cc1ccnn1CC(=O)Nc1nn(Cc2ccccc2Cl)cc1Cl. The summed E-state index contributed by atoms with van der Waals surface area (Å²) in [5.41, 5.74) is 1.82. The van der Waals surface area contributed by atoms with Crippen molar-refractivity contribution < 1.29 is 4.79 Å². The number of amides is 1. The van der Waals surface area contributed by atoms with Crippen LogP contribution in [0.25, 0.3) is 0 Å². The zero-order valence-corrected chi connectivity index (χ0v) is 14.4. The number of hydrogen-bond acceptors (Lipinski definition) is 3. The number of aryl methyl sites for hydroxylation is 1. The lowest BCUT2D eigenvalue weighted by Gasteiger charge is -2.05. The predicted molar refractivity (Wildman–Crippen MR) is 93.4 cm³/mol. The number of carbonyl (C=O) groups is 1. The number of rotatable bonds is 5. The van der Waals surface area contributed by atoms with E-state index >= 15 is 0 Å². The maximum absolute atomic E-state index is 12.1. The van der Waals surface area contributed by atoms with Gasteiger partial charge in [-0.25, -0.2) is 0 Å². The molecular weight excluding hydrogens is 349 g/mol. The fourth-order valence-electron chi connectivity index (χ4n) is 2.24. The topological polar surface area (TPSA) is 64.7 Å².